The molecule has 0 radical (unpaired) electrons. The number of nitro groups is 1. The van der Waals surface area contributed by atoms with Crippen LogP contribution in [0.2, 0.25) is 0 Å². The zero-order chi connectivity index (χ0) is 11.4. The predicted molar refractivity (Wildman–Crippen MR) is 53.1 cm³/mol. The van der Waals surface area contributed by atoms with Crippen molar-refractivity contribution in [2.45, 2.75) is 13.3 Å². The molecule has 0 aromatic rings. The number of hydrogen-bond donors (Lipinski definition) is 4. The fourth-order valence-electron chi connectivity index (χ4n) is 0.376. The molecule has 0 aromatic heterocycles. The van der Waals surface area contributed by atoms with Gasteiger partial charge in [0.25, 0.3) is 5.96 Å². The molecule has 8 heteroatoms. The van der Waals surface area contributed by atoms with Crippen LogP contribution in [0.4, 0.5) is 0 Å². The summed E-state index contributed by atoms with van der Waals surface area (Å²) in [7, 11) is 0. The van der Waals surface area contributed by atoms with Gasteiger partial charge in [-0.25, -0.2) is 10.1 Å². The van der Waals surface area contributed by atoms with Gasteiger partial charge in [0.1, 0.15) is 5.10 Å². The van der Waals surface area contributed by atoms with Crippen molar-refractivity contribution in [2.75, 3.05) is 19.7 Å². The zero-order valence-electron chi connectivity index (χ0n) is 8.14. The fraction of sp³-hybridized carbons (Fsp3) is 0.833. The van der Waals surface area contributed by atoms with Crippen LogP contribution in [-0.4, -0.2) is 35.8 Å². The number of hydrazone groups is 1. The van der Waals surface area contributed by atoms with E-state index in [2.05, 4.69) is 10.4 Å². The van der Waals surface area contributed by atoms with Gasteiger partial charge < -0.3 is 21.9 Å². The minimum absolute atomic E-state index is 0.0972. The van der Waals surface area contributed by atoms with Gasteiger partial charge >= 0.3 is 0 Å². The number of nitrogens with two attached hydrogens (primary N) is 2. The lowest BCUT2D eigenvalue weighted by Crippen LogP contribution is -2.32. The van der Waals surface area contributed by atoms with Crippen LogP contribution in [0.3, 0.4) is 0 Å². The van der Waals surface area contributed by atoms with E-state index in [1.807, 2.05) is 6.92 Å². The third kappa shape index (κ3) is 16.9. The van der Waals surface area contributed by atoms with Crippen molar-refractivity contribution in [1.29, 1.82) is 0 Å². The van der Waals surface area contributed by atoms with E-state index in [0.29, 0.717) is 13.1 Å². The number of rotatable bonds is 4. The van der Waals surface area contributed by atoms with E-state index in [-0.39, 0.29) is 12.6 Å². The van der Waals surface area contributed by atoms with Crippen LogP contribution in [0.25, 0.3) is 0 Å². The summed E-state index contributed by atoms with van der Waals surface area (Å²) in [5.74, 6) is -0.146. The molecular weight excluding hydrogens is 190 g/mol. The summed E-state index contributed by atoms with van der Waals surface area (Å²) in [4.78, 5) is 9.67. The number of hydrogen-bond acceptors (Lipinski definition) is 4. The molecule has 0 spiro atoms. The first kappa shape index (κ1) is 15.1. The second-order valence-electron chi connectivity index (χ2n) is 2.16. The third-order valence-corrected chi connectivity index (χ3v) is 0.875. The highest BCUT2D eigenvalue weighted by Gasteiger charge is 1.94. The normalized spacial score (nSPS) is 10.1. The molecule has 0 atom stereocenters. The van der Waals surface area contributed by atoms with Gasteiger partial charge in [0.2, 0.25) is 0 Å². The summed E-state index contributed by atoms with van der Waals surface area (Å²) in [6.45, 7) is 3.00. The van der Waals surface area contributed by atoms with E-state index in [4.69, 9.17) is 16.6 Å². The van der Waals surface area contributed by atoms with Crippen LogP contribution in [0.5, 0.6) is 0 Å². The molecule has 0 aliphatic carbocycles. The van der Waals surface area contributed by atoms with E-state index in [1.165, 1.54) is 0 Å². The summed E-state index contributed by atoms with van der Waals surface area (Å²) in [5.41, 5.74) is 9.84. The van der Waals surface area contributed by atoms with Crippen molar-refractivity contribution in [3.8, 4) is 0 Å². The second kappa shape index (κ2) is 11.6. The Morgan fingerprint density at radius 2 is 2.21 bits per heavy atom. The highest BCUT2D eigenvalue weighted by Crippen LogP contribution is 1.71. The van der Waals surface area contributed by atoms with Crippen molar-refractivity contribution in [1.82, 2.24) is 5.32 Å². The fourth-order valence-corrected chi connectivity index (χ4v) is 0.376. The second-order valence-corrected chi connectivity index (χ2v) is 2.16. The molecule has 8 nitrogen and oxygen atoms in total. The summed E-state index contributed by atoms with van der Waals surface area (Å²) in [6.07, 6.45) is 0.855. The number of nitrogens with zero attached hydrogens (tertiary/aromatic N) is 2. The lowest BCUT2D eigenvalue weighted by Gasteiger charge is -1.96. The summed E-state index contributed by atoms with van der Waals surface area (Å²) >= 11 is 0. The Morgan fingerprint density at radius 1 is 1.71 bits per heavy atom. The molecule has 0 fully saturated rings. The average molecular weight is 207 g/mol. The van der Waals surface area contributed by atoms with Crippen molar-refractivity contribution < 1.29 is 10.1 Å². The molecular formula is C6H17N5O3. The molecule has 0 heterocycles. The summed E-state index contributed by atoms with van der Waals surface area (Å²) < 4.78 is 0. The van der Waals surface area contributed by atoms with Gasteiger partial charge in [-0.05, 0) is 6.42 Å². The van der Waals surface area contributed by atoms with Gasteiger partial charge in [0.05, 0.1) is 6.61 Å². The first-order valence-electron chi connectivity index (χ1n) is 4.11. The topological polar surface area (TPSA) is 140 Å². The molecule has 0 amide bonds. The standard InChI is InChI=1S/C4H10N4O2.C2H7NO/c1-2-3-6-4(5)7-8(9)10;3-1-2-4/h2-3H2,1H3,(H3,5,6,7);4H,1-3H2. The lowest BCUT2D eigenvalue weighted by molar-refractivity contribution is -0.485. The maximum atomic E-state index is 9.67. The van der Waals surface area contributed by atoms with Gasteiger partial charge in [-0.3, -0.25) is 0 Å². The lowest BCUT2D eigenvalue weighted by atomic mass is 10.5. The molecule has 14 heavy (non-hydrogen) atoms. The maximum absolute atomic E-state index is 9.67. The average Bonchev–Trinajstić information content (AvgIpc) is 2.14. The van der Waals surface area contributed by atoms with Gasteiger partial charge in [0, 0.05) is 13.1 Å². The van der Waals surface area contributed by atoms with Gasteiger partial charge in [0.15, 0.2) is 5.03 Å². The molecule has 0 aliphatic heterocycles. The molecule has 0 rings (SSSR count). The van der Waals surface area contributed by atoms with Gasteiger partial charge in [-0.1, -0.05) is 6.92 Å². The largest absolute Gasteiger partial charge is 0.395 e. The van der Waals surface area contributed by atoms with E-state index < -0.39 is 5.03 Å². The Balaban J connectivity index is 0. The summed E-state index contributed by atoms with van der Waals surface area (Å²) in [5, 5.41) is 22.0. The minimum atomic E-state index is -0.835. The van der Waals surface area contributed by atoms with E-state index >= 15 is 0 Å². The highest BCUT2D eigenvalue weighted by atomic mass is 16.7. The number of aliphatic hydroxyl groups excluding tert-OH is 1. The number of nitrogens with one attached hydrogen (secondary N) is 1. The van der Waals surface area contributed by atoms with Crippen molar-refractivity contribution in [3.05, 3.63) is 10.1 Å². The third-order valence-electron chi connectivity index (χ3n) is 0.875. The monoisotopic (exact) mass is 207 g/mol. The Bertz CT molecular complexity index is 171. The van der Waals surface area contributed by atoms with Crippen molar-refractivity contribution >= 4 is 5.96 Å². The van der Waals surface area contributed by atoms with Gasteiger partial charge in [-0.15, -0.1) is 0 Å². The minimum Gasteiger partial charge on any atom is -0.395 e. The highest BCUT2D eigenvalue weighted by molar-refractivity contribution is 5.76. The van der Waals surface area contributed by atoms with Crippen LogP contribution >= 0.6 is 0 Å². The Hall–Kier alpha value is -1.41. The SMILES string of the molecule is CCCN/C(N)=N/[N+](=O)[O-].NCCO. The first-order chi connectivity index (χ1) is 6.58. The molecule has 0 aromatic carbocycles. The number of guanidine groups is 1. The first-order valence-corrected chi connectivity index (χ1v) is 4.11. The molecule has 84 valence electrons. The smallest absolute Gasteiger partial charge is 0.266 e. The molecule has 0 aliphatic rings. The van der Waals surface area contributed by atoms with Crippen LogP contribution in [0.15, 0.2) is 5.10 Å². The zero-order valence-corrected chi connectivity index (χ0v) is 8.14. The van der Waals surface area contributed by atoms with Crippen LogP contribution < -0.4 is 16.8 Å². The predicted octanol–water partition coefficient (Wildman–Crippen LogP) is -1.57. The van der Waals surface area contributed by atoms with E-state index in [0.717, 1.165) is 6.42 Å². The van der Waals surface area contributed by atoms with Crippen molar-refractivity contribution in [2.24, 2.45) is 16.6 Å². The Labute approximate surface area is 82.1 Å². The molecule has 0 saturated carbocycles. The van der Waals surface area contributed by atoms with Gasteiger partial charge in [-0.2, -0.15) is 0 Å². The molecule has 0 saturated heterocycles. The van der Waals surface area contributed by atoms with Crippen LogP contribution in [0, 0.1) is 10.1 Å². The van der Waals surface area contributed by atoms with E-state index in [1.54, 1.807) is 0 Å². The maximum Gasteiger partial charge on any atom is 0.266 e. The number of aliphatic hydroxyl groups is 1. The Kier molecular flexibility index (Phi) is 12.5. The summed E-state index contributed by atoms with van der Waals surface area (Å²) in [6, 6.07) is 0. The quantitative estimate of drug-likeness (QED) is 0.190. The molecule has 0 unspecified atom stereocenters. The van der Waals surface area contributed by atoms with Crippen LogP contribution in [-0.2, 0) is 0 Å². The molecule has 6 N–H and O–H groups in total. The van der Waals surface area contributed by atoms with E-state index in [9.17, 15) is 10.1 Å². The molecule has 0 bridgehead atoms. The van der Waals surface area contributed by atoms with Crippen molar-refractivity contribution in [3.63, 3.8) is 0 Å². The Morgan fingerprint density at radius 3 is 2.50 bits per heavy atom. The van der Waals surface area contributed by atoms with Crippen LogP contribution in [0.1, 0.15) is 13.3 Å².